The highest BCUT2D eigenvalue weighted by atomic mass is 35.5. The van der Waals surface area contributed by atoms with Crippen molar-refractivity contribution in [1.82, 2.24) is 14.6 Å². The number of hydrogen-bond donors (Lipinski definition) is 1. The Labute approximate surface area is 156 Å². The van der Waals surface area contributed by atoms with Gasteiger partial charge in [-0.15, -0.1) is 0 Å². The summed E-state index contributed by atoms with van der Waals surface area (Å²) in [6.45, 7) is 0.448. The third-order valence-electron chi connectivity index (χ3n) is 3.96. The predicted molar refractivity (Wildman–Crippen MR) is 102 cm³/mol. The summed E-state index contributed by atoms with van der Waals surface area (Å²) in [5.41, 5.74) is 3.34. The van der Waals surface area contributed by atoms with Crippen molar-refractivity contribution < 1.29 is 4.73 Å². The molecule has 1 N–H and O–H groups in total. The second-order valence-electron chi connectivity index (χ2n) is 5.77. The number of nitrogens with one attached hydrogen (secondary N) is 1. The molecule has 0 fully saturated rings. The van der Waals surface area contributed by atoms with Gasteiger partial charge in [-0.1, -0.05) is 29.8 Å². The van der Waals surface area contributed by atoms with Gasteiger partial charge in [0.2, 0.25) is 0 Å². The summed E-state index contributed by atoms with van der Waals surface area (Å²) in [7, 11) is 6.01. The number of aromatic nitrogens is 4. The molecule has 126 valence electrons. The molecule has 4 rings (SSSR count). The van der Waals surface area contributed by atoms with Crippen molar-refractivity contribution in [3.05, 3.63) is 76.8 Å². The number of fused-ring (bicyclic) bond motifs is 1. The van der Waals surface area contributed by atoms with E-state index < -0.39 is 0 Å². The standard InChI is InChI=1S/C18H13BClN5O/c19-14-10-22-25-17(21-9-12-4-3-7-24(26)11-12)8-16(23-18(14)25)13-5-1-2-6-15(13)20/h1-8,10-11,21H,9H2. The summed E-state index contributed by atoms with van der Waals surface area (Å²) in [6.07, 6.45) is 4.51. The molecule has 0 unspecified atom stereocenters. The molecular weight excluding hydrogens is 348 g/mol. The van der Waals surface area contributed by atoms with E-state index in [4.69, 9.17) is 19.4 Å². The molecule has 1 aromatic carbocycles. The first-order valence-electron chi connectivity index (χ1n) is 7.92. The lowest BCUT2D eigenvalue weighted by molar-refractivity contribution is -0.605. The van der Waals surface area contributed by atoms with Gasteiger partial charge in [0.1, 0.15) is 13.7 Å². The first-order chi connectivity index (χ1) is 12.6. The van der Waals surface area contributed by atoms with Crippen molar-refractivity contribution in [2.75, 3.05) is 5.32 Å². The van der Waals surface area contributed by atoms with E-state index in [1.54, 1.807) is 16.8 Å². The Morgan fingerprint density at radius 1 is 1.23 bits per heavy atom. The fraction of sp³-hybridized carbons (Fsp3) is 0.0556. The Bertz CT molecular complexity index is 1100. The maximum Gasteiger partial charge on any atom is 0.185 e. The first kappa shape index (κ1) is 16.4. The highest BCUT2D eigenvalue weighted by molar-refractivity contribution is 6.36. The summed E-state index contributed by atoms with van der Waals surface area (Å²) < 4.78 is 2.39. The third kappa shape index (κ3) is 3.09. The monoisotopic (exact) mass is 361 g/mol. The average Bonchev–Trinajstić information content (AvgIpc) is 3.01. The van der Waals surface area contributed by atoms with Crippen molar-refractivity contribution >= 4 is 36.4 Å². The number of halogens is 1. The fourth-order valence-corrected chi connectivity index (χ4v) is 2.94. The van der Waals surface area contributed by atoms with Gasteiger partial charge in [0.25, 0.3) is 0 Å². The van der Waals surface area contributed by atoms with Crippen LogP contribution >= 0.6 is 11.6 Å². The topological polar surface area (TPSA) is 69.2 Å². The Kier molecular flexibility index (Phi) is 4.22. The molecule has 6 nitrogen and oxygen atoms in total. The molecule has 2 radical (unpaired) electrons. The minimum atomic E-state index is 0.448. The summed E-state index contributed by atoms with van der Waals surface area (Å²) in [5.74, 6) is 0.697. The highest BCUT2D eigenvalue weighted by Crippen LogP contribution is 2.28. The number of nitrogens with zero attached hydrogens (tertiary/aromatic N) is 4. The molecule has 0 aliphatic rings. The van der Waals surface area contributed by atoms with Gasteiger partial charge in [-0.25, -0.2) is 4.98 Å². The fourth-order valence-electron chi connectivity index (χ4n) is 2.71. The van der Waals surface area contributed by atoms with Crippen molar-refractivity contribution in [3.63, 3.8) is 0 Å². The first-order valence-corrected chi connectivity index (χ1v) is 8.30. The zero-order valence-electron chi connectivity index (χ0n) is 13.6. The SMILES string of the molecule is [B]c1cnn2c(NCc3ccc[n+]([O-])c3)cc(-c3ccccc3Cl)nc12. The lowest BCUT2D eigenvalue weighted by Crippen LogP contribution is -2.25. The number of benzene rings is 1. The molecule has 0 saturated carbocycles. The summed E-state index contributed by atoms with van der Waals surface area (Å²) >= 11 is 6.31. The van der Waals surface area contributed by atoms with Gasteiger partial charge >= 0.3 is 0 Å². The molecule has 0 spiro atoms. The van der Waals surface area contributed by atoms with Crippen LogP contribution in [0.15, 0.2) is 61.1 Å². The van der Waals surface area contributed by atoms with Crippen LogP contribution in [0.3, 0.4) is 0 Å². The van der Waals surface area contributed by atoms with Crippen molar-refractivity contribution in [2.45, 2.75) is 6.54 Å². The van der Waals surface area contributed by atoms with Gasteiger partial charge in [-0.05, 0) is 17.6 Å². The lowest BCUT2D eigenvalue weighted by atomic mass is 10.0. The molecule has 4 aromatic rings. The van der Waals surface area contributed by atoms with Crippen LogP contribution in [0, 0.1) is 5.21 Å². The number of pyridine rings is 1. The molecule has 3 heterocycles. The van der Waals surface area contributed by atoms with Gasteiger partial charge in [-0.3, -0.25) is 0 Å². The van der Waals surface area contributed by atoms with E-state index in [0.717, 1.165) is 15.9 Å². The molecule has 8 heteroatoms. The highest BCUT2D eigenvalue weighted by Gasteiger charge is 2.12. The second kappa shape index (κ2) is 6.69. The molecule has 3 aromatic heterocycles. The summed E-state index contributed by atoms with van der Waals surface area (Å²) in [6, 6.07) is 12.9. The smallest absolute Gasteiger partial charge is 0.185 e. The molecule has 0 aliphatic carbocycles. The van der Waals surface area contributed by atoms with Crippen LogP contribution < -0.4 is 15.5 Å². The van der Waals surface area contributed by atoms with E-state index in [9.17, 15) is 5.21 Å². The van der Waals surface area contributed by atoms with Gasteiger partial charge in [0.15, 0.2) is 18.0 Å². The lowest BCUT2D eigenvalue weighted by Gasteiger charge is -2.11. The van der Waals surface area contributed by atoms with Crippen LogP contribution in [0.1, 0.15) is 5.56 Å². The van der Waals surface area contributed by atoms with Crippen molar-refractivity contribution in [2.24, 2.45) is 0 Å². The zero-order valence-corrected chi connectivity index (χ0v) is 14.4. The normalized spacial score (nSPS) is 11.0. The number of anilines is 1. The minimum Gasteiger partial charge on any atom is -0.619 e. The van der Waals surface area contributed by atoms with Gasteiger partial charge in [0.05, 0.1) is 5.69 Å². The molecule has 26 heavy (non-hydrogen) atoms. The van der Waals surface area contributed by atoms with E-state index in [2.05, 4.69) is 15.4 Å². The van der Waals surface area contributed by atoms with E-state index in [0.29, 0.717) is 34.2 Å². The average molecular weight is 362 g/mol. The Morgan fingerprint density at radius 3 is 2.88 bits per heavy atom. The van der Waals surface area contributed by atoms with Crippen LogP contribution in [-0.4, -0.2) is 22.4 Å². The van der Waals surface area contributed by atoms with E-state index in [1.165, 1.54) is 12.4 Å². The molecule has 0 bridgehead atoms. The van der Waals surface area contributed by atoms with Crippen molar-refractivity contribution in [3.8, 4) is 11.3 Å². The van der Waals surface area contributed by atoms with Crippen LogP contribution in [0.2, 0.25) is 5.02 Å². The minimum absolute atomic E-state index is 0.448. The summed E-state index contributed by atoms with van der Waals surface area (Å²) in [4.78, 5) is 4.59. The maximum absolute atomic E-state index is 11.4. The van der Waals surface area contributed by atoms with Crippen molar-refractivity contribution in [1.29, 1.82) is 0 Å². The Morgan fingerprint density at radius 2 is 2.08 bits per heavy atom. The molecular formula is C18H13BClN5O. The second-order valence-corrected chi connectivity index (χ2v) is 6.17. The molecule has 0 saturated heterocycles. The van der Waals surface area contributed by atoms with Crippen LogP contribution in [0.4, 0.5) is 5.82 Å². The molecule has 0 aliphatic heterocycles. The maximum atomic E-state index is 11.4. The third-order valence-corrected chi connectivity index (χ3v) is 4.29. The van der Waals surface area contributed by atoms with E-state index in [1.807, 2.05) is 36.4 Å². The van der Waals surface area contributed by atoms with Gasteiger partial charge in [0, 0.05) is 41.0 Å². The zero-order chi connectivity index (χ0) is 18.1. The quantitative estimate of drug-likeness (QED) is 0.343. The van der Waals surface area contributed by atoms with Gasteiger partial charge in [-0.2, -0.15) is 14.3 Å². The molecule has 0 amide bonds. The summed E-state index contributed by atoms with van der Waals surface area (Å²) in [5, 5.41) is 19.6. The van der Waals surface area contributed by atoms with Crippen LogP contribution in [0.5, 0.6) is 0 Å². The Balaban J connectivity index is 1.77. The van der Waals surface area contributed by atoms with Crippen LogP contribution in [0.25, 0.3) is 16.9 Å². The van der Waals surface area contributed by atoms with E-state index >= 15 is 0 Å². The largest absolute Gasteiger partial charge is 0.619 e. The molecule has 0 atom stereocenters. The number of hydrogen-bond acceptors (Lipinski definition) is 4. The number of rotatable bonds is 4. The predicted octanol–water partition coefficient (Wildman–Crippen LogP) is 2.09. The van der Waals surface area contributed by atoms with E-state index in [-0.39, 0.29) is 0 Å². The Hall–Kier alpha value is -3.06. The van der Waals surface area contributed by atoms with Crippen LogP contribution in [-0.2, 0) is 6.54 Å². The van der Waals surface area contributed by atoms with Gasteiger partial charge < -0.3 is 10.5 Å².